The highest BCUT2D eigenvalue weighted by Gasteiger charge is 2.19. The van der Waals surface area contributed by atoms with Gasteiger partial charge in [-0.1, -0.05) is 13.0 Å². The minimum atomic E-state index is 0.837. The third-order valence-corrected chi connectivity index (χ3v) is 3.86. The molecule has 0 aromatic carbocycles. The van der Waals surface area contributed by atoms with Crippen LogP contribution in [0.1, 0.15) is 18.2 Å². The summed E-state index contributed by atoms with van der Waals surface area (Å²) in [5, 5.41) is 0. The summed E-state index contributed by atoms with van der Waals surface area (Å²) in [6, 6.07) is 6.18. The third kappa shape index (κ3) is 3.12. The van der Waals surface area contributed by atoms with E-state index in [0.29, 0.717) is 0 Å². The molecule has 0 atom stereocenters. The van der Waals surface area contributed by atoms with E-state index in [1.807, 2.05) is 25.4 Å². The second-order valence-corrected chi connectivity index (χ2v) is 5.36. The maximum Gasteiger partial charge on any atom is 0.225 e. The first-order valence-electron chi connectivity index (χ1n) is 7.50. The van der Waals surface area contributed by atoms with Gasteiger partial charge >= 0.3 is 0 Å². The Morgan fingerprint density at radius 2 is 1.67 bits per heavy atom. The number of nitrogens with zero attached hydrogens (tertiary/aromatic N) is 5. The number of aromatic nitrogens is 3. The van der Waals surface area contributed by atoms with Crippen molar-refractivity contribution in [1.82, 2.24) is 15.0 Å². The summed E-state index contributed by atoms with van der Waals surface area (Å²) in [6.45, 7) is 7.92. The van der Waals surface area contributed by atoms with Crippen LogP contribution in [0.3, 0.4) is 0 Å². The van der Waals surface area contributed by atoms with E-state index in [9.17, 15) is 0 Å². The zero-order valence-electron chi connectivity index (χ0n) is 12.7. The van der Waals surface area contributed by atoms with Crippen molar-refractivity contribution in [3.05, 3.63) is 41.9 Å². The molecule has 0 N–H and O–H groups in total. The number of anilines is 2. The summed E-state index contributed by atoms with van der Waals surface area (Å²) in [4.78, 5) is 18.1. The molecule has 1 aliphatic rings. The summed E-state index contributed by atoms with van der Waals surface area (Å²) >= 11 is 0. The Bertz CT molecular complexity index is 588. The van der Waals surface area contributed by atoms with Crippen LogP contribution in [0.25, 0.3) is 0 Å². The van der Waals surface area contributed by atoms with Crippen molar-refractivity contribution in [3.63, 3.8) is 0 Å². The molecule has 1 fully saturated rings. The lowest BCUT2D eigenvalue weighted by molar-refractivity contribution is 0.633. The van der Waals surface area contributed by atoms with E-state index < -0.39 is 0 Å². The van der Waals surface area contributed by atoms with Crippen molar-refractivity contribution in [2.24, 2.45) is 0 Å². The van der Waals surface area contributed by atoms with Gasteiger partial charge in [-0.25, -0.2) is 15.0 Å². The molecule has 0 unspecified atom stereocenters. The highest BCUT2D eigenvalue weighted by atomic mass is 15.3. The zero-order chi connectivity index (χ0) is 14.7. The quantitative estimate of drug-likeness (QED) is 0.863. The Balaban J connectivity index is 1.64. The Hall–Kier alpha value is -2.17. The largest absolute Gasteiger partial charge is 0.353 e. The number of hydrogen-bond donors (Lipinski definition) is 0. The predicted molar refractivity (Wildman–Crippen MR) is 84.8 cm³/mol. The molecule has 0 aliphatic carbocycles. The molecule has 2 aromatic rings. The minimum absolute atomic E-state index is 0.837. The van der Waals surface area contributed by atoms with Crippen molar-refractivity contribution < 1.29 is 0 Å². The van der Waals surface area contributed by atoms with Gasteiger partial charge in [-0.05, 0) is 31.0 Å². The fourth-order valence-corrected chi connectivity index (χ4v) is 2.53. The fraction of sp³-hybridized carbons (Fsp3) is 0.438. The molecular weight excluding hydrogens is 262 g/mol. The summed E-state index contributed by atoms with van der Waals surface area (Å²) < 4.78 is 0. The molecule has 2 aromatic heterocycles. The third-order valence-electron chi connectivity index (χ3n) is 3.86. The highest BCUT2D eigenvalue weighted by Crippen LogP contribution is 2.16. The van der Waals surface area contributed by atoms with Gasteiger partial charge in [0, 0.05) is 44.3 Å². The predicted octanol–water partition coefficient (Wildman–Crippen LogP) is 2.07. The maximum atomic E-state index is 4.59. The van der Waals surface area contributed by atoms with Crippen LogP contribution < -0.4 is 9.80 Å². The van der Waals surface area contributed by atoms with Gasteiger partial charge in [-0.3, -0.25) is 0 Å². The Labute approximate surface area is 125 Å². The molecule has 0 amide bonds. The van der Waals surface area contributed by atoms with Crippen molar-refractivity contribution in [3.8, 4) is 0 Å². The number of pyridine rings is 1. The standard InChI is InChI=1S/C16H21N5/c1-3-14-11-17-16(18-12-14)21-9-7-20(8-10-21)15-6-4-5-13(2)19-15/h4-6,11-12H,3,7-10H2,1-2H3. The second kappa shape index (κ2) is 6.08. The van der Waals surface area contributed by atoms with Gasteiger partial charge in [-0.2, -0.15) is 0 Å². The van der Waals surface area contributed by atoms with E-state index in [2.05, 4.69) is 43.8 Å². The first kappa shape index (κ1) is 13.8. The van der Waals surface area contributed by atoms with Crippen molar-refractivity contribution in [1.29, 1.82) is 0 Å². The molecular formula is C16H21N5. The molecule has 3 rings (SSSR count). The smallest absolute Gasteiger partial charge is 0.225 e. The maximum absolute atomic E-state index is 4.59. The van der Waals surface area contributed by atoms with Crippen molar-refractivity contribution in [2.45, 2.75) is 20.3 Å². The molecule has 110 valence electrons. The summed E-state index contributed by atoms with van der Waals surface area (Å²) in [5.74, 6) is 1.90. The Kier molecular flexibility index (Phi) is 3.99. The van der Waals surface area contributed by atoms with E-state index >= 15 is 0 Å². The van der Waals surface area contributed by atoms with Gasteiger partial charge in [0.2, 0.25) is 5.95 Å². The van der Waals surface area contributed by atoms with Gasteiger partial charge in [0.05, 0.1) is 0 Å². The number of hydrogen-bond acceptors (Lipinski definition) is 5. The van der Waals surface area contributed by atoms with Gasteiger partial charge in [-0.15, -0.1) is 0 Å². The van der Waals surface area contributed by atoms with Crippen LogP contribution in [0.5, 0.6) is 0 Å². The van der Waals surface area contributed by atoms with Crippen LogP contribution in [-0.4, -0.2) is 41.1 Å². The molecule has 0 bridgehead atoms. The molecule has 0 radical (unpaired) electrons. The minimum Gasteiger partial charge on any atom is -0.353 e. The normalized spacial score (nSPS) is 15.3. The zero-order valence-corrected chi connectivity index (χ0v) is 12.7. The molecule has 5 heteroatoms. The summed E-state index contributed by atoms with van der Waals surface area (Å²) in [5.41, 5.74) is 2.25. The second-order valence-electron chi connectivity index (χ2n) is 5.36. The fourth-order valence-electron chi connectivity index (χ4n) is 2.53. The Morgan fingerprint density at radius 3 is 2.29 bits per heavy atom. The van der Waals surface area contributed by atoms with Crippen LogP contribution >= 0.6 is 0 Å². The Morgan fingerprint density at radius 1 is 1.00 bits per heavy atom. The number of piperazine rings is 1. The average molecular weight is 283 g/mol. The number of rotatable bonds is 3. The first-order valence-corrected chi connectivity index (χ1v) is 7.50. The van der Waals surface area contributed by atoms with Crippen molar-refractivity contribution >= 4 is 11.8 Å². The van der Waals surface area contributed by atoms with E-state index in [1.165, 1.54) is 5.56 Å². The molecule has 0 spiro atoms. The summed E-state index contributed by atoms with van der Waals surface area (Å²) in [7, 11) is 0. The monoisotopic (exact) mass is 283 g/mol. The SMILES string of the molecule is CCc1cnc(N2CCN(c3cccc(C)n3)CC2)nc1. The molecule has 3 heterocycles. The van der Waals surface area contributed by atoms with Crippen LogP contribution in [0.2, 0.25) is 0 Å². The van der Waals surface area contributed by atoms with Crippen molar-refractivity contribution in [2.75, 3.05) is 36.0 Å². The molecule has 1 aliphatic heterocycles. The van der Waals surface area contributed by atoms with E-state index in [-0.39, 0.29) is 0 Å². The van der Waals surface area contributed by atoms with Gasteiger partial charge in [0.15, 0.2) is 0 Å². The first-order chi connectivity index (χ1) is 10.3. The lowest BCUT2D eigenvalue weighted by Crippen LogP contribution is -2.47. The van der Waals surface area contributed by atoms with Gasteiger partial charge in [0.1, 0.15) is 5.82 Å². The van der Waals surface area contributed by atoms with E-state index in [0.717, 1.165) is 50.1 Å². The van der Waals surface area contributed by atoms with Crippen LogP contribution in [0.15, 0.2) is 30.6 Å². The molecule has 1 saturated heterocycles. The molecule has 5 nitrogen and oxygen atoms in total. The summed E-state index contributed by atoms with van der Waals surface area (Å²) in [6.07, 6.45) is 4.83. The molecule has 0 saturated carbocycles. The topological polar surface area (TPSA) is 45.2 Å². The van der Waals surface area contributed by atoms with Gasteiger partial charge < -0.3 is 9.80 Å². The van der Waals surface area contributed by atoms with E-state index in [4.69, 9.17) is 0 Å². The highest BCUT2D eigenvalue weighted by molar-refractivity contribution is 5.42. The lowest BCUT2D eigenvalue weighted by Gasteiger charge is -2.35. The number of aryl methyl sites for hydroxylation is 2. The van der Waals surface area contributed by atoms with Gasteiger partial charge in [0.25, 0.3) is 0 Å². The van der Waals surface area contributed by atoms with Crippen LogP contribution in [-0.2, 0) is 6.42 Å². The van der Waals surface area contributed by atoms with Crippen LogP contribution in [0, 0.1) is 6.92 Å². The average Bonchev–Trinajstić information content (AvgIpc) is 2.55. The van der Waals surface area contributed by atoms with E-state index in [1.54, 1.807) is 0 Å². The van der Waals surface area contributed by atoms with Crippen LogP contribution in [0.4, 0.5) is 11.8 Å². The molecule has 21 heavy (non-hydrogen) atoms. The lowest BCUT2D eigenvalue weighted by atomic mass is 10.3.